The molecule has 1 rings (SSSR count). The van der Waals surface area contributed by atoms with E-state index in [1.165, 1.54) is 18.4 Å². The molecule has 0 heterocycles. The molecular formula is C12H20OSi. The third-order valence-corrected chi connectivity index (χ3v) is 4.23. The molecular weight excluding hydrogens is 188 g/mol. The van der Waals surface area contributed by atoms with Crippen LogP contribution in [0.25, 0.3) is 0 Å². The van der Waals surface area contributed by atoms with E-state index in [2.05, 4.69) is 31.2 Å². The van der Waals surface area contributed by atoms with Crippen molar-refractivity contribution >= 4 is 13.5 Å². The number of benzene rings is 1. The normalized spacial score (nSPS) is 11.7. The standard InChI is InChI=1S/C12H20OSi/c1-4-5-6-11-7-9-12(10-8-11)14(2,3)13/h7-10,13H,4-6H2,1-3H3. The average molecular weight is 208 g/mol. The van der Waals surface area contributed by atoms with Gasteiger partial charge in [-0.1, -0.05) is 37.6 Å². The Morgan fingerprint density at radius 1 is 1.14 bits per heavy atom. The van der Waals surface area contributed by atoms with E-state index in [4.69, 9.17) is 0 Å². The molecule has 0 amide bonds. The highest BCUT2D eigenvalue weighted by atomic mass is 28.4. The first-order valence-electron chi connectivity index (χ1n) is 5.36. The lowest BCUT2D eigenvalue weighted by atomic mass is 10.1. The van der Waals surface area contributed by atoms with Crippen LogP contribution in [0, 0.1) is 0 Å². The topological polar surface area (TPSA) is 20.2 Å². The molecule has 0 aromatic heterocycles. The third kappa shape index (κ3) is 3.27. The molecule has 0 bridgehead atoms. The third-order valence-electron chi connectivity index (χ3n) is 2.48. The van der Waals surface area contributed by atoms with Gasteiger partial charge in [-0.05, 0) is 36.7 Å². The smallest absolute Gasteiger partial charge is 0.213 e. The fourth-order valence-corrected chi connectivity index (χ4v) is 2.44. The summed E-state index contributed by atoms with van der Waals surface area (Å²) in [6.07, 6.45) is 3.64. The molecule has 1 nitrogen and oxygen atoms in total. The Balaban J connectivity index is 2.69. The van der Waals surface area contributed by atoms with Crippen molar-refractivity contribution in [3.63, 3.8) is 0 Å². The zero-order chi connectivity index (χ0) is 10.6. The Bertz CT molecular complexity index is 271. The van der Waals surface area contributed by atoms with Crippen molar-refractivity contribution in [2.45, 2.75) is 39.3 Å². The number of hydrogen-bond acceptors (Lipinski definition) is 1. The Kier molecular flexibility index (Phi) is 3.90. The summed E-state index contributed by atoms with van der Waals surface area (Å²) in [6, 6.07) is 8.46. The van der Waals surface area contributed by atoms with Gasteiger partial charge in [0, 0.05) is 0 Å². The Morgan fingerprint density at radius 3 is 2.14 bits per heavy atom. The quantitative estimate of drug-likeness (QED) is 0.754. The highest BCUT2D eigenvalue weighted by Crippen LogP contribution is 2.05. The Hall–Kier alpha value is -0.603. The van der Waals surface area contributed by atoms with Gasteiger partial charge < -0.3 is 4.80 Å². The van der Waals surface area contributed by atoms with Gasteiger partial charge in [-0.3, -0.25) is 0 Å². The second-order valence-corrected chi connectivity index (χ2v) is 8.05. The summed E-state index contributed by atoms with van der Waals surface area (Å²) in [5, 5.41) is 1.12. The van der Waals surface area contributed by atoms with E-state index < -0.39 is 8.32 Å². The number of unbranched alkanes of at least 4 members (excludes halogenated alkanes) is 1. The van der Waals surface area contributed by atoms with Gasteiger partial charge in [-0.2, -0.15) is 0 Å². The highest BCUT2D eigenvalue weighted by molar-refractivity contribution is 6.83. The molecule has 0 fully saturated rings. The summed E-state index contributed by atoms with van der Waals surface area (Å²) in [5.41, 5.74) is 1.38. The van der Waals surface area contributed by atoms with Crippen LogP contribution >= 0.6 is 0 Å². The molecule has 1 aromatic carbocycles. The van der Waals surface area contributed by atoms with Crippen molar-refractivity contribution in [1.29, 1.82) is 0 Å². The van der Waals surface area contributed by atoms with Crippen molar-refractivity contribution in [2.24, 2.45) is 0 Å². The summed E-state index contributed by atoms with van der Waals surface area (Å²) < 4.78 is 0. The molecule has 2 heteroatoms. The highest BCUT2D eigenvalue weighted by Gasteiger charge is 2.19. The van der Waals surface area contributed by atoms with Crippen molar-refractivity contribution in [3.05, 3.63) is 29.8 Å². The lowest BCUT2D eigenvalue weighted by molar-refractivity contribution is 0.568. The molecule has 0 aliphatic rings. The fourth-order valence-electron chi connectivity index (χ4n) is 1.46. The first-order chi connectivity index (χ1) is 6.54. The lowest BCUT2D eigenvalue weighted by Gasteiger charge is -2.14. The molecule has 1 N–H and O–H groups in total. The maximum absolute atomic E-state index is 9.89. The molecule has 0 spiro atoms. The van der Waals surface area contributed by atoms with Crippen LogP contribution in [0.1, 0.15) is 25.3 Å². The molecule has 0 unspecified atom stereocenters. The van der Waals surface area contributed by atoms with Gasteiger partial charge in [-0.25, -0.2) is 0 Å². The number of rotatable bonds is 4. The van der Waals surface area contributed by atoms with E-state index in [0.717, 1.165) is 11.6 Å². The molecule has 14 heavy (non-hydrogen) atoms. The summed E-state index contributed by atoms with van der Waals surface area (Å²) in [4.78, 5) is 9.89. The van der Waals surface area contributed by atoms with E-state index in [9.17, 15) is 4.80 Å². The summed E-state index contributed by atoms with van der Waals surface area (Å²) in [7, 11) is -2.09. The van der Waals surface area contributed by atoms with Gasteiger partial charge in [0.25, 0.3) is 0 Å². The average Bonchev–Trinajstić information content (AvgIpc) is 2.14. The second-order valence-electron chi connectivity index (χ2n) is 4.36. The SMILES string of the molecule is CCCCc1ccc([Si](C)(C)O)cc1. The van der Waals surface area contributed by atoms with Crippen molar-refractivity contribution in [2.75, 3.05) is 0 Å². The van der Waals surface area contributed by atoms with E-state index >= 15 is 0 Å². The predicted molar refractivity (Wildman–Crippen MR) is 64.4 cm³/mol. The monoisotopic (exact) mass is 208 g/mol. The second kappa shape index (κ2) is 4.76. The van der Waals surface area contributed by atoms with Crippen LogP contribution in [0.15, 0.2) is 24.3 Å². The van der Waals surface area contributed by atoms with Crippen LogP contribution in [0.4, 0.5) is 0 Å². The van der Waals surface area contributed by atoms with Gasteiger partial charge >= 0.3 is 0 Å². The van der Waals surface area contributed by atoms with E-state index in [0.29, 0.717) is 0 Å². The molecule has 1 aromatic rings. The van der Waals surface area contributed by atoms with Crippen LogP contribution in [0.2, 0.25) is 13.1 Å². The molecule has 0 aliphatic heterocycles. The first-order valence-corrected chi connectivity index (χ1v) is 8.30. The van der Waals surface area contributed by atoms with E-state index in [-0.39, 0.29) is 0 Å². The minimum absolute atomic E-state index is 1.12. The molecule has 0 aliphatic carbocycles. The summed E-state index contributed by atoms with van der Waals surface area (Å²) >= 11 is 0. The van der Waals surface area contributed by atoms with E-state index in [1.54, 1.807) is 0 Å². The maximum Gasteiger partial charge on any atom is 0.213 e. The minimum atomic E-state index is -2.09. The predicted octanol–water partition coefficient (Wildman–Crippen LogP) is 2.43. The van der Waals surface area contributed by atoms with Gasteiger partial charge in [0.1, 0.15) is 0 Å². The lowest BCUT2D eigenvalue weighted by Crippen LogP contribution is -2.41. The van der Waals surface area contributed by atoms with Gasteiger partial charge in [0.05, 0.1) is 0 Å². The van der Waals surface area contributed by atoms with Crippen molar-refractivity contribution in [1.82, 2.24) is 0 Å². The van der Waals surface area contributed by atoms with Gasteiger partial charge in [-0.15, -0.1) is 0 Å². The van der Waals surface area contributed by atoms with Gasteiger partial charge in [0.15, 0.2) is 0 Å². The Morgan fingerprint density at radius 2 is 1.71 bits per heavy atom. The van der Waals surface area contributed by atoms with Crippen LogP contribution in [-0.4, -0.2) is 13.1 Å². The number of aryl methyl sites for hydroxylation is 1. The Labute approximate surface area is 87.9 Å². The first kappa shape index (κ1) is 11.5. The zero-order valence-corrected chi connectivity index (χ0v) is 10.4. The van der Waals surface area contributed by atoms with Crippen molar-refractivity contribution < 1.29 is 4.80 Å². The van der Waals surface area contributed by atoms with Crippen LogP contribution in [-0.2, 0) is 6.42 Å². The van der Waals surface area contributed by atoms with Crippen LogP contribution in [0.5, 0.6) is 0 Å². The number of hydrogen-bond donors (Lipinski definition) is 1. The minimum Gasteiger partial charge on any atom is -0.428 e. The molecule has 0 atom stereocenters. The van der Waals surface area contributed by atoms with Crippen LogP contribution < -0.4 is 5.19 Å². The molecule has 78 valence electrons. The van der Waals surface area contributed by atoms with E-state index in [1.807, 2.05) is 13.1 Å². The largest absolute Gasteiger partial charge is 0.428 e. The summed E-state index contributed by atoms with van der Waals surface area (Å²) in [5.74, 6) is 0. The fraction of sp³-hybridized carbons (Fsp3) is 0.500. The molecule has 0 radical (unpaired) electrons. The molecule has 0 saturated carbocycles. The van der Waals surface area contributed by atoms with Crippen molar-refractivity contribution in [3.8, 4) is 0 Å². The summed E-state index contributed by atoms with van der Waals surface area (Å²) in [6.45, 7) is 6.11. The molecule has 0 saturated heterocycles. The zero-order valence-electron chi connectivity index (χ0n) is 9.38. The van der Waals surface area contributed by atoms with Crippen LogP contribution in [0.3, 0.4) is 0 Å². The van der Waals surface area contributed by atoms with Gasteiger partial charge in [0.2, 0.25) is 8.32 Å². The maximum atomic E-state index is 9.89.